The number of hydrogen-bond acceptors (Lipinski definition) is 5. The van der Waals surface area contributed by atoms with Gasteiger partial charge in [-0.25, -0.2) is 5.84 Å². The highest BCUT2D eigenvalue weighted by atomic mass is 32.2. The van der Waals surface area contributed by atoms with Crippen LogP contribution in [0.2, 0.25) is 0 Å². The molecular weight excluding hydrogens is 340 g/mol. The van der Waals surface area contributed by atoms with Gasteiger partial charge in [-0.1, -0.05) is 29.8 Å². The first-order chi connectivity index (χ1) is 12.0. The summed E-state index contributed by atoms with van der Waals surface area (Å²) in [4.78, 5) is 26.3. The molecule has 7 nitrogen and oxygen atoms in total. The van der Waals surface area contributed by atoms with E-state index in [9.17, 15) is 14.9 Å². The first kappa shape index (κ1) is 17.0. The highest BCUT2D eigenvalue weighted by Crippen LogP contribution is 2.35. The Morgan fingerprint density at radius 1 is 1.32 bits per heavy atom. The summed E-state index contributed by atoms with van der Waals surface area (Å²) >= 11 is 1.14. The first-order valence-corrected chi connectivity index (χ1v) is 8.46. The highest BCUT2D eigenvalue weighted by molar-refractivity contribution is 7.99. The summed E-state index contributed by atoms with van der Waals surface area (Å²) in [6.07, 6.45) is 0. The maximum absolute atomic E-state index is 12.2. The Bertz CT molecular complexity index is 968. The van der Waals surface area contributed by atoms with Gasteiger partial charge in [0, 0.05) is 26.3 Å². The predicted octanol–water partition coefficient (Wildman–Crippen LogP) is 3.07. The topological polar surface area (TPSA) is 114 Å². The van der Waals surface area contributed by atoms with E-state index < -0.39 is 5.91 Å². The molecule has 128 valence electrons. The van der Waals surface area contributed by atoms with Crippen molar-refractivity contribution in [2.45, 2.75) is 11.8 Å². The van der Waals surface area contributed by atoms with Crippen molar-refractivity contribution in [3.05, 3.63) is 63.8 Å². The third-order valence-corrected chi connectivity index (χ3v) is 4.70. The number of benzene rings is 2. The van der Waals surface area contributed by atoms with Gasteiger partial charge in [0.2, 0.25) is 0 Å². The number of fused-ring (bicyclic) bond motifs is 1. The molecular formula is C17H16N4O3S. The molecule has 0 radical (unpaired) electrons. The van der Waals surface area contributed by atoms with Crippen LogP contribution in [0.25, 0.3) is 22.0 Å². The van der Waals surface area contributed by atoms with Gasteiger partial charge in [0.1, 0.15) is 5.69 Å². The van der Waals surface area contributed by atoms with Crippen LogP contribution in [-0.4, -0.2) is 21.7 Å². The maximum Gasteiger partial charge on any atom is 0.282 e. The first-order valence-electron chi connectivity index (χ1n) is 7.48. The summed E-state index contributed by atoms with van der Waals surface area (Å²) < 4.78 is 0. The molecule has 1 heterocycles. The van der Waals surface area contributed by atoms with Gasteiger partial charge < -0.3 is 4.98 Å². The van der Waals surface area contributed by atoms with Crippen LogP contribution in [0.4, 0.5) is 0 Å². The molecule has 1 amide bonds. The number of nitro groups is 1. The van der Waals surface area contributed by atoms with E-state index in [-0.39, 0.29) is 10.8 Å². The molecule has 0 aliphatic rings. The number of hydrogen-bond donors (Lipinski definition) is 3. The largest absolute Gasteiger partial charge is 0.350 e. The van der Waals surface area contributed by atoms with E-state index in [1.54, 1.807) is 6.07 Å². The lowest BCUT2D eigenvalue weighted by molar-refractivity contribution is -0.456. The average molecular weight is 356 g/mol. The predicted molar refractivity (Wildman–Crippen MR) is 97.8 cm³/mol. The zero-order valence-electron chi connectivity index (χ0n) is 13.4. The molecule has 0 saturated carbocycles. The summed E-state index contributed by atoms with van der Waals surface area (Å²) in [5.74, 6) is 4.67. The number of nitrogen functional groups attached to an aromatic ring is 1. The molecule has 1 aromatic heterocycles. The van der Waals surface area contributed by atoms with Crippen LogP contribution in [0.1, 0.15) is 16.1 Å². The standard InChI is InChI=1S/C17H16N4O3S/c1-10-3-2-4-11(7-10)15-13-8-12(25-9-21(23)24)5-6-14(13)19-16(15)17(22)20-18/h2-8,19H,9,18H2,1H3,(H,20,22). The van der Waals surface area contributed by atoms with Gasteiger partial charge in [-0.15, -0.1) is 0 Å². The van der Waals surface area contributed by atoms with Crippen LogP contribution in [0.5, 0.6) is 0 Å². The lowest BCUT2D eigenvalue weighted by Crippen LogP contribution is -2.30. The highest BCUT2D eigenvalue weighted by Gasteiger charge is 2.19. The van der Waals surface area contributed by atoms with Gasteiger partial charge in [-0.3, -0.25) is 20.3 Å². The molecule has 0 saturated heterocycles. The number of aryl methyl sites for hydroxylation is 1. The van der Waals surface area contributed by atoms with Crippen LogP contribution >= 0.6 is 11.8 Å². The fourth-order valence-electron chi connectivity index (χ4n) is 2.73. The number of carbonyl (C=O) groups excluding carboxylic acids is 1. The third-order valence-electron chi connectivity index (χ3n) is 3.77. The Morgan fingerprint density at radius 2 is 2.12 bits per heavy atom. The zero-order chi connectivity index (χ0) is 18.0. The average Bonchev–Trinajstić information content (AvgIpc) is 2.97. The molecule has 0 spiro atoms. The van der Waals surface area contributed by atoms with Crippen LogP contribution in [-0.2, 0) is 0 Å². The van der Waals surface area contributed by atoms with E-state index in [0.29, 0.717) is 5.69 Å². The van der Waals surface area contributed by atoms with Crippen molar-refractivity contribution in [2.75, 3.05) is 5.88 Å². The second-order valence-electron chi connectivity index (χ2n) is 5.53. The second kappa shape index (κ2) is 6.96. The fraction of sp³-hybridized carbons (Fsp3) is 0.118. The molecule has 0 fully saturated rings. The summed E-state index contributed by atoms with van der Waals surface area (Å²) in [6, 6.07) is 13.2. The van der Waals surface area contributed by atoms with Crippen molar-refractivity contribution in [3.8, 4) is 11.1 Å². The lowest BCUT2D eigenvalue weighted by atomic mass is 10.00. The number of nitrogens with two attached hydrogens (primary N) is 1. The minimum Gasteiger partial charge on any atom is -0.350 e. The van der Waals surface area contributed by atoms with Crippen molar-refractivity contribution in [1.82, 2.24) is 10.4 Å². The smallest absolute Gasteiger partial charge is 0.282 e. The lowest BCUT2D eigenvalue weighted by Gasteiger charge is -2.06. The molecule has 0 aliphatic carbocycles. The van der Waals surface area contributed by atoms with Gasteiger partial charge in [-0.05, 0) is 42.4 Å². The van der Waals surface area contributed by atoms with Crippen molar-refractivity contribution in [1.29, 1.82) is 0 Å². The van der Waals surface area contributed by atoms with E-state index in [1.165, 1.54) is 0 Å². The number of H-pyrrole nitrogens is 1. The molecule has 3 rings (SSSR count). The SMILES string of the molecule is Cc1cccc(-c2c(C(=O)NN)[nH]c3ccc(SC[N+](=O)[O-])cc23)c1. The van der Waals surface area contributed by atoms with E-state index in [1.807, 2.05) is 43.3 Å². The number of amides is 1. The molecule has 4 N–H and O–H groups in total. The van der Waals surface area contributed by atoms with Crippen LogP contribution in [0.15, 0.2) is 47.4 Å². The number of nitrogens with one attached hydrogen (secondary N) is 2. The Hall–Kier alpha value is -2.84. The number of hydrazine groups is 1. The number of nitrogens with zero attached hydrogens (tertiary/aromatic N) is 1. The van der Waals surface area contributed by atoms with Gasteiger partial charge in [0.05, 0.1) is 0 Å². The number of aromatic nitrogens is 1. The fourth-order valence-corrected chi connectivity index (χ4v) is 3.35. The van der Waals surface area contributed by atoms with Gasteiger partial charge in [0.25, 0.3) is 11.8 Å². The molecule has 2 aromatic carbocycles. The molecule has 0 aliphatic heterocycles. The third kappa shape index (κ3) is 3.49. The van der Waals surface area contributed by atoms with Crippen LogP contribution in [0, 0.1) is 17.0 Å². The molecule has 8 heteroatoms. The molecule has 0 unspecified atom stereocenters. The minimum atomic E-state index is -0.424. The van der Waals surface area contributed by atoms with Crippen molar-refractivity contribution in [3.63, 3.8) is 0 Å². The van der Waals surface area contributed by atoms with E-state index in [4.69, 9.17) is 5.84 Å². The van der Waals surface area contributed by atoms with Gasteiger partial charge in [-0.2, -0.15) is 0 Å². The quantitative estimate of drug-likeness (QED) is 0.162. The van der Waals surface area contributed by atoms with E-state index in [2.05, 4.69) is 10.4 Å². The molecule has 0 atom stereocenters. The maximum atomic E-state index is 12.2. The molecule has 3 aromatic rings. The Balaban J connectivity index is 2.20. The summed E-state index contributed by atoms with van der Waals surface area (Å²) in [5.41, 5.74) is 5.95. The van der Waals surface area contributed by atoms with E-state index in [0.717, 1.165) is 44.3 Å². The Morgan fingerprint density at radius 3 is 2.80 bits per heavy atom. The number of carbonyl (C=O) groups is 1. The molecule has 25 heavy (non-hydrogen) atoms. The van der Waals surface area contributed by atoms with Crippen LogP contribution in [0.3, 0.4) is 0 Å². The van der Waals surface area contributed by atoms with E-state index >= 15 is 0 Å². The number of aromatic amines is 1. The van der Waals surface area contributed by atoms with Crippen LogP contribution < -0.4 is 11.3 Å². The summed E-state index contributed by atoms with van der Waals surface area (Å²) in [5, 5.41) is 11.4. The second-order valence-corrected chi connectivity index (χ2v) is 6.55. The van der Waals surface area contributed by atoms with Gasteiger partial charge >= 0.3 is 0 Å². The summed E-state index contributed by atoms with van der Waals surface area (Å²) in [6.45, 7) is 1.97. The number of rotatable bonds is 5. The number of thioether (sulfide) groups is 1. The summed E-state index contributed by atoms with van der Waals surface area (Å²) in [7, 11) is 0. The zero-order valence-corrected chi connectivity index (χ0v) is 14.2. The monoisotopic (exact) mass is 356 g/mol. The van der Waals surface area contributed by atoms with Crippen molar-refractivity contribution < 1.29 is 9.72 Å². The van der Waals surface area contributed by atoms with Crippen molar-refractivity contribution in [2.24, 2.45) is 5.84 Å². The molecule has 0 bridgehead atoms. The minimum absolute atomic E-state index is 0.216. The normalized spacial score (nSPS) is 10.8. The Labute approximate surface area is 147 Å². The Kier molecular flexibility index (Phi) is 4.73. The van der Waals surface area contributed by atoms with Gasteiger partial charge in [0.15, 0.2) is 0 Å². The van der Waals surface area contributed by atoms with Crippen molar-refractivity contribution >= 4 is 28.6 Å².